The number of fused-ring (bicyclic) bond motifs is 10. The molecule has 0 fully saturated rings. The Morgan fingerprint density at radius 3 is 1.13 bits per heavy atom. The van der Waals surface area contributed by atoms with Crippen LogP contribution in [0.2, 0.25) is 0 Å². The van der Waals surface area contributed by atoms with Crippen molar-refractivity contribution in [2.24, 2.45) is 0 Å². The Morgan fingerprint density at radius 2 is 0.655 bits per heavy atom. The third kappa shape index (κ3) is 5.16. The first kappa shape index (κ1) is 33.0. The number of anilines is 6. The molecule has 264 valence electrons. The van der Waals surface area contributed by atoms with Crippen LogP contribution in [-0.4, -0.2) is 0 Å². The summed E-state index contributed by atoms with van der Waals surface area (Å²) in [4.78, 5) is 4.73. The molecule has 0 N–H and O–H groups in total. The first-order chi connectivity index (χ1) is 27.2. The maximum absolute atomic E-state index is 2.50. The third-order valence-electron chi connectivity index (χ3n) is 11.8. The van der Waals surface area contributed by atoms with E-state index in [0.29, 0.717) is 0 Å². The summed E-state index contributed by atoms with van der Waals surface area (Å²) in [5.74, 6) is 0. The molecule has 0 bridgehead atoms. The molecule has 0 atom stereocenters. The predicted molar refractivity (Wildman–Crippen MR) is 231 cm³/mol. The van der Waals surface area contributed by atoms with Gasteiger partial charge in [-0.2, -0.15) is 0 Å². The lowest BCUT2D eigenvalue weighted by Crippen LogP contribution is -2.26. The maximum atomic E-state index is 2.50. The van der Waals surface area contributed by atoms with Gasteiger partial charge in [0.05, 0.1) is 5.41 Å². The van der Waals surface area contributed by atoms with Crippen LogP contribution in [0.4, 0.5) is 34.1 Å². The smallest absolute Gasteiger partial charge is 0.0726 e. The lowest BCUT2D eigenvalue weighted by molar-refractivity contribution is 0.789. The Balaban J connectivity index is 1.17. The first-order valence-corrected chi connectivity index (χ1v) is 19.6. The molecule has 1 spiro atoms. The van der Waals surface area contributed by atoms with Gasteiger partial charge >= 0.3 is 0 Å². The van der Waals surface area contributed by atoms with Gasteiger partial charge in [0.1, 0.15) is 0 Å². The second-order valence-electron chi connectivity index (χ2n) is 14.7. The van der Waals surface area contributed by atoms with E-state index in [1.165, 1.54) is 55.6 Å². The van der Waals surface area contributed by atoms with Crippen LogP contribution < -0.4 is 9.80 Å². The Bertz CT molecular complexity index is 2570. The molecule has 0 amide bonds. The minimum atomic E-state index is -0.416. The van der Waals surface area contributed by atoms with E-state index in [-0.39, 0.29) is 0 Å². The monoisotopic (exact) mass is 706 g/mol. The van der Waals surface area contributed by atoms with Gasteiger partial charge in [-0.15, -0.1) is 0 Å². The van der Waals surface area contributed by atoms with Crippen molar-refractivity contribution in [2.75, 3.05) is 9.80 Å². The van der Waals surface area contributed by atoms with Gasteiger partial charge in [0.2, 0.25) is 0 Å². The van der Waals surface area contributed by atoms with Gasteiger partial charge in [-0.05, 0) is 141 Å². The van der Waals surface area contributed by atoms with Crippen LogP contribution in [0.15, 0.2) is 194 Å². The number of benzene rings is 8. The molecule has 2 aliphatic rings. The largest absolute Gasteiger partial charge is 0.311 e. The average Bonchev–Trinajstić information content (AvgIpc) is 3.71. The molecule has 8 aromatic rings. The molecule has 0 radical (unpaired) electrons. The molecule has 0 saturated carbocycles. The Hall–Kier alpha value is -6.64. The van der Waals surface area contributed by atoms with Gasteiger partial charge in [0.25, 0.3) is 0 Å². The van der Waals surface area contributed by atoms with E-state index in [0.717, 1.165) is 47.0 Å². The van der Waals surface area contributed by atoms with Gasteiger partial charge in [0, 0.05) is 34.1 Å². The molecule has 0 heterocycles. The van der Waals surface area contributed by atoms with E-state index in [2.05, 4.69) is 218 Å². The lowest BCUT2D eigenvalue weighted by atomic mass is 9.70. The van der Waals surface area contributed by atoms with Crippen molar-refractivity contribution in [2.45, 2.75) is 32.1 Å². The standard InChI is InChI=1S/C53H42N2/c1-3-37-24-31-46-47-32-25-38(4-2)35-51(47)53(50(46)34-37)49-23-15-14-22-45(49)48-33-30-44(36-52(48)53)55(41-20-12-7-13-21-41)43-28-26-42(27-29-43)54(39-16-8-5-9-17-39)40-18-10-6-11-19-40/h5-36H,3-4H2,1-2H3. The molecule has 0 saturated heterocycles. The van der Waals surface area contributed by atoms with E-state index in [1.54, 1.807) is 0 Å². The third-order valence-corrected chi connectivity index (χ3v) is 11.8. The zero-order valence-corrected chi connectivity index (χ0v) is 31.3. The van der Waals surface area contributed by atoms with E-state index in [9.17, 15) is 0 Å². The highest BCUT2D eigenvalue weighted by atomic mass is 15.2. The number of para-hydroxylation sites is 3. The van der Waals surface area contributed by atoms with E-state index < -0.39 is 5.41 Å². The molecule has 10 rings (SSSR count). The summed E-state index contributed by atoms with van der Waals surface area (Å²) >= 11 is 0. The van der Waals surface area contributed by atoms with Crippen LogP contribution in [0, 0.1) is 0 Å². The minimum absolute atomic E-state index is 0.416. The highest BCUT2D eigenvalue weighted by Crippen LogP contribution is 2.63. The van der Waals surface area contributed by atoms with Crippen LogP contribution in [0.1, 0.15) is 47.2 Å². The summed E-state index contributed by atoms with van der Waals surface area (Å²) in [6.07, 6.45) is 2.00. The zero-order valence-electron chi connectivity index (χ0n) is 31.3. The Labute approximate surface area is 324 Å². The molecule has 8 aromatic carbocycles. The quantitative estimate of drug-likeness (QED) is 0.155. The van der Waals surface area contributed by atoms with Crippen molar-refractivity contribution in [3.63, 3.8) is 0 Å². The number of nitrogens with zero attached hydrogens (tertiary/aromatic N) is 2. The Morgan fingerprint density at radius 1 is 0.309 bits per heavy atom. The SMILES string of the molecule is CCc1ccc2c(c1)C1(c3ccccc3-c3ccc(N(c4ccccc4)c4ccc(N(c5ccccc5)c5ccccc5)cc4)cc31)c1cc(CC)ccc1-2. The average molecular weight is 707 g/mol. The molecule has 2 heteroatoms. The van der Waals surface area contributed by atoms with Crippen LogP contribution in [0.25, 0.3) is 22.3 Å². The minimum Gasteiger partial charge on any atom is -0.311 e. The number of hydrogen-bond acceptors (Lipinski definition) is 2. The molecular formula is C53H42N2. The maximum Gasteiger partial charge on any atom is 0.0726 e. The van der Waals surface area contributed by atoms with E-state index in [1.807, 2.05) is 0 Å². The van der Waals surface area contributed by atoms with Gasteiger partial charge in [-0.1, -0.05) is 135 Å². The molecule has 0 aliphatic heterocycles. The number of hydrogen-bond donors (Lipinski definition) is 0. The van der Waals surface area contributed by atoms with Crippen molar-refractivity contribution in [1.29, 1.82) is 0 Å². The molecular weight excluding hydrogens is 665 g/mol. The summed E-state index contributed by atoms with van der Waals surface area (Å²) in [5, 5.41) is 0. The van der Waals surface area contributed by atoms with Crippen LogP contribution in [0.3, 0.4) is 0 Å². The fourth-order valence-electron chi connectivity index (χ4n) is 9.22. The van der Waals surface area contributed by atoms with Crippen molar-refractivity contribution in [3.8, 4) is 22.3 Å². The highest BCUT2D eigenvalue weighted by molar-refractivity contribution is 5.96. The predicted octanol–water partition coefficient (Wildman–Crippen LogP) is 14.1. The topological polar surface area (TPSA) is 6.48 Å². The van der Waals surface area contributed by atoms with Crippen molar-refractivity contribution < 1.29 is 0 Å². The van der Waals surface area contributed by atoms with Gasteiger partial charge in [-0.25, -0.2) is 0 Å². The highest BCUT2D eigenvalue weighted by Gasteiger charge is 2.52. The fourth-order valence-corrected chi connectivity index (χ4v) is 9.22. The summed E-state index contributed by atoms with van der Waals surface area (Å²) in [6.45, 7) is 4.53. The zero-order chi connectivity index (χ0) is 36.9. The lowest BCUT2D eigenvalue weighted by Gasteiger charge is -2.33. The molecule has 55 heavy (non-hydrogen) atoms. The van der Waals surface area contributed by atoms with Crippen LogP contribution in [0.5, 0.6) is 0 Å². The number of rotatable bonds is 8. The van der Waals surface area contributed by atoms with Gasteiger partial charge in [0.15, 0.2) is 0 Å². The molecule has 0 aromatic heterocycles. The normalized spacial score (nSPS) is 12.8. The summed E-state index contributed by atoms with van der Waals surface area (Å²) in [5.41, 5.74) is 19.9. The summed E-state index contributed by atoms with van der Waals surface area (Å²) in [7, 11) is 0. The second-order valence-corrected chi connectivity index (χ2v) is 14.7. The number of aryl methyl sites for hydroxylation is 2. The van der Waals surface area contributed by atoms with Crippen LogP contribution >= 0.6 is 0 Å². The Kier molecular flexibility index (Phi) is 7.99. The molecule has 0 unspecified atom stereocenters. The first-order valence-electron chi connectivity index (χ1n) is 19.6. The fraction of sp³-hybridized carbons (Fsp3) is 0.0943. The van der Waals surface area contributed by atoms with Gasteiger partial charge in [-0.3, -0.25) is 0 Å². The summed E-state index contributed by atoms with van der Waals surface area (Å²) < 4.78 is 0. The van der Waals surface area contributed by atoms with Crippen LogP contribution in [-0.2, 0) is 18.3 Å². The van der Waals surface area contributed by atoms with Gasteiger partial charge < -0.3 is 9.80 Å². The van der Waals surface area contributed by atoms with E-state index >= 15 is 0 Å². The second kappa shape index (κ2) is 13.3. The van der Waals surface area contributed by atoms with Crippen molar-refractivity contribution in [1.82, 2.24) is 0 Å². The van der Waals surface area contributed by atoms with Crippen molar-refractivity contribution in [3.05, 3.63) is 228 Å². The molecule has 2 nitrogen and oxygen atoms in total. The summed E-state index contributed by atoms with van der Waals surface area (Å²) in [6, 6.07) is 71.8. The van der Waals surface area contributed by atoms with E-state index in [4.69, 9.17) is 0 Å². The van der Waals surface area contributed by atoms with Crippen molar-refractivity contribution >= 4 is 34.1 Å². The molecule has 2 aliphatic carbocycles.